The summed E-state index contributed by atoms with van der Waals surface area (Å²) in [5.74, 6) is -1.21. The van der Waals surface area contributed by atoms with Gasteiger partial charge in [-0.05, 0) is 56.5 Å². The van der Waals surface area contributed by atoms with Crippen LogP contribution in [0.5, 0.6) is 0 Å². The molecule has 1 amide bonds. The minimum Gasteiger partial charge on any atom is -0.462 e. The summed E-state index contributed by atoms with van der Waals surface area (Å²) in [6.07, 6.45) is 1.91. The topological polar surface area (TPSA) is 72.9 Å². The van der Waals surface area contributed by atoms with E-state index in [2.05, 4.69) is 0 Å². The molecule has 0 bridgehead atoms. The normalized spacial score (nSPS) is 10.5. The van der Waals surface area contributed by atoms with E-state index in [4.69, 9.17) is 9.47 Å². The average Bonchev–Trinajstić information content (AvgIpc) is 2.88. The molecule has 0 aliphatic carbocycles. The number of esters is 2. The fourth-order valence-electron chi connectivity index (χ4n) is 3.05. The van der Waals surface area contributed by atoms with Crippen molar-refractivity contribution >= 4 is 53.5 Å². The van der Waals surface area contributed by atoms with Gasteiger partial charge in [0.15, 0.2) is 0 Å². The molecule has 182 valence electrons. The van der Waals surface area contributed by atoms with E-state index in [-0.39, 0.29) is 19.1 Å². The quantitative estimate of drug-likeness (QED) is 0.165. The van der Waals surface area contributed by atoms with Crippen molar-refractivity contribution in [3.8, 4) is 0 Å². The summed E-state index contributed by atoms with van der Waals surface area (Å²) in [6.45, 7) is 3.96. The Balaban J connectivity index is 2.04. The molecule has 0 spiro atoms. The number of hydrogen-bond acceptors (Lipinski definition) is 8. The van der Waals surface area contributed by atoms with E-state index in [0.717, 1.165) is 28.8 Å². The first-order valence-electron chi connectivity index (χ1n) is 10.9. The Bertz CT molecular complexity index is 1140. The zero-order valence-corrected chi connectivity index (χ0v) is 22.0. The Hall–Kier alpha value is -2.88. The Kier molecular flexibility index (Phi) is 10.1. The van der Waals surface area contributed by atoms with Crippen LogP contribution in [-0.2, 0) is 9.47 Å². The Morgan fingerprint density at radius 1 is 0.657 bits per heavy atom. The van der Waals surface area contributed by atoms with Crippen LogP contribution in [0.1, 0.15) is 44.9 Å². The highest BCUT2D eigenvalue weighted by molar-refractivity contribution is 8.13. The number of rotatable bonds is 10. The van der Waals surface area contributed by atoms with Gasteiger partial charge >= 0.3 is 11.9 Å². The van der Waals surface area contributed by atoms with Gasteiger partial charge in [-0.1, -0.05) is 36.4 Å². The van der Waals surface area contributed by atoms with Gasteiger partial charge in [-0.25, -0.2) is 13.3 Å². The summed E-state index contributed by atoms with van der Waals surface area (Å²) in [5.41, 5.74) is 1.23. The van der Waals surface area contributed by atoms with Crippen molar-refractivity contribution in [3.05, 3.63) is 89.5 Å². The van der Waals surface area contributed by atoms with Crippen LogP contribution in [0, 0.1) is 0 Å². The van der Waals surface area contributed by atoms with Gasteiger partial charge in [0, 0.05) is 38.6 Å². The van der Waals surface area contributed by atoms with E-state index >= 15 is 0 Å². The van der Waals surface area contributed by atoms with Crippen LogP contribution in [0.25, 0.3) is 0 Å². The lowest BCUT2D eigenvalue weighted by Gasteiger charge is -2.22. The Morgan fingerprint density at radius 3 is 1.49 bits per heavy atom. The molecule has 3 rings (SSSR count). The van der Waals surface area contributed by atoms with E-state index in [0.29, 0.717) is 26.5 Å². The summed E-state index contributed by atoms with van der Waals surface area (Å²) in [4.78, 5) is 40.8. The van der Waals surface area contributed by atoms with Crippen LogP contribution in [0.3, 0.4) is 0 Å². The molecule has 0 aliphatic rings. The highest BCUT2D eigenvalue weighted by Crippen LogP contribution is 2.39. The minimum absolute atomic E-state index is 0.239. The van der Waals surface area contributed by atoms with Gasteiger partial charge < -0.3 is 9.47 Å². The van der Waals surface area contributed by atoms with E-state index in [1.807, 2.05) is 18.4 Å². The van der Waals surface area contributed by atoms with Crippen molar-refractivity contribution in [1.82, 2.24) is 3.71 Å². The predicted molar refractivity (Wildman–Crippen MR) is 141 cm³/mol. The first-order valence-corrected chi connectivity index (χ1v) is 13.6. The fourth-order valence-corrected chi connectivity index (χ4v) is 5.77. The standard InChI is InChI=1S/C26H25NO5S3/c1-4-31-25(29)19-13-7-10-16-22(19)34-27(24(28)18-12-6-9-15-21(18)33-3)35-23-17-11-8-14-20(23)26(30)32-5-2/h6-17H,4-5H2,1-3H3. The lowest BCUT2D eigenvalue weighted by molar-refractivity contribution is 0.0513. The summed E-state index contributed by atoms with van der Waals surface area (Å²) in [5, 5.41) is 0. The van der Waals surface area contributed by atoms with Gasteiger partial charge in [0.25, 0.3) is 5.91 Å². The molecule has 0 aliphatic heterocycles. The fraction of sp³-hybridized carbons (Fsp3) is 0.192. The molecule has 0 unspecified atom stereocenters. The SMILES string of the molecule is CCOC(=O)c1ccccc1SN(Sc1ccccc1C(=O)OCC)C(=O)c1ccccc1SC. The number of carbonyl (C=O) groups excluding carboxylic acids is 3. The van der Waals surface area contributed by atoms with Gasteiger partial charge in [0.2, 0.25) is 0 Å². The molecular weight excluding hydrogens is 502 g/mol. The maximum Gasteiger partial charge on any atom is 0.339 e. The third-order valence-electron chi connectivity index (χ3n) is 4.63. The number of benzene rings is 3. The molecule has 0 heterocycles. The Labute approximate surface area is 218 Å². The van der Waals surface area contributed by atoms with Crippen LogP contribution < -0.4 is 0 Å². The van der Waals surface area contributed by atoms with Crippen molar-refractivity contribution in [1.29, 1.82) is 0 Å². The molecule has 0 saturated carbocycles. The number of thioether (sulfide) groups is 1. The van der Waals surface area contributed by atoms with Crippen LogP contribution in [-0.4, -0.2) is 41.0 Å². The van der Waals surface area contributed by atoms with E-state index < -0.39 is 11.9 Å². The molecule has 0 saturated heterocycles. The molecule has 6 nitrogen and oxygen atoms in total. The highest BCUT2D eigenvalue weighted by atomic mass is 32.2. The summed E-state index contributed by atoms with van der Waals surface area (Å²) < 4.78 is 11.9. The van der Waals surface area contributed by atoms with Crippen molar-refractivity contribution in [3.63, 3.8) is 0 Å². The molecule has 0 N–H and O–H groups in total. The van der Waals surface area contributed by atoms with Crippen LogP contribution in [0.15, 0.2) is 87.5 Å². The lowest BCUT2D eigenvalue weighted by atomic mass is 10.2. The van der Waals surface area contributed by atoms with Crippen molar-refractivity contribution < 1.29 is 23.9 Å². The van der Waals surface area contributed by atoms with E-state index in [1.54, 1.807) is 74.5 Å². The second-order valence-corrected chi connectivity index (χ2v) is 9.93. The summed E-state index contributed by atoms with van der Waals surface area (Å²) in [7, 11) is 0. The molecule has 3 aromatic carbocycles. The van der Waals surface area contributed by atoms with Gasteiger partial charge in [0.1, 0.15) is 0 Å². The first kappa shape index (κ1) is 26.7. The monoisotopic (exact) mass is 527 g/mol. The van der Waals surface area contributed by atoms with Crippen LogP contribution >= 0.6 is 35.7 Å². The maximum absolute atomic E-state index is 13.8. The van der Waals surface area contributed by atoms with Crippen LogP contribution in [0.4, 0.5) is 0 Å². The largest absolute Gasteiger partial charge is 0.462 e. The third-order valence-corrected chi connectivity index (χ3v) is 7.64. The molecular formula is C26H25NO5S3. The zero-order valence-electron chi connectivity index (χ0n) is 19.6. The third kappa shape index (κ3) is 6.84. The average molecular weight is 528 g/mol. The Morgan fingerprint density at radius 2 is 1.06 bits per heavy atom. The minimum atomic E-state index is -0.468. The highest BCUT2D eigenvalue weighted by Gasteiger charge is 2.26. The molecule has 35 heavy (non-hydrogen) atoms. The summed E-state index contributed by atoms with van der Waals surface area (Å²) in [6, 6.07) is 21.2. The number of carbonyl (C=O) groups is 3. The summed E-state index contributed by atoms with van der Waals surface area (Å²) >= 11 is 3.68. The zero-order chi connectivity index (χ0) is 25.2. The van der Waals surface area contributed by atoms with Gasteiger partial charge in [-0.2, -0.15) is 0 Å². The smallest absolute Gasteiger partial charge is 0.339 e. The lowest BCUT2D eigenvalue weighted by Crippen LogP contribution is -2.20. The molecule has 3 aromatic rings. The molecule has 9 heteroatoms. The van der Waals surface area contributed by atoms with E-state index in [1.165, 1.54) is 15.5 Å². The van der Waals surface area contributed by atoms with E-state index in [9.17, 15) is 14.4 Å². The van der Waals surface area contributed by atoms with Gasteiger partial charge in [0.05, 0.1) is 29.9 Å². The maximum atomic E-state index is 13.8. The second-order valence-electron chi connectivity index (χ2n) is 6.88. The van der Waals surface area contributed by atoms with Crippen molar-refractivity contribution in [2.24, 2.45) is 0 Å². The van der Waals surface area contributed by atoms with Crippen molar-refractivity contribution in [2.45, 2.75) is 28.5 Å². The molecule has 0 atom stereocenters. The van der Waals surface area contributed by atoms with Crippen molar-refractivity contribution in [2.75, 3.05) is 19.5 Å². The van der Waals surface area contributed by atoms with Crippen LogP contribution in [0.2, 0.25) is 0 Å². The number of nitrogens with zero attached hydrogens (tertiary/aromatic N) is 1. The molecule has 0 aromatic heterocycles. The predicted octanol–water partition coefficient (Wildman–Crippen LogP) is 6.62. The number of ether oxygens (including phenoxy) is 2. The second kappa shape index (κ2) is 13.3. The van der Waals surface area contributed by atoms with Gasteiger partial charge in [-0.15, -0.1) is 11.8 Å². The number of amides is 1. The number of hydrogen-bond donors (Lipinski definition) is 0. The molecule has 0 fully saturated rings. The first-order chi connectivity index (χ1) is 17.0. The van der Waals surface area contributed by atoms with Gasteiger partial charge in [-0.3, -0.25) is 4.79 Å². The molecule has 0 radical (unpaired) electrons.